The predicted molar refractivity (Wildman–Crippen MR) is 118 cm³/mol. The molecule has 0 bridgehead atoms. The van der Waals surface area contributed by atoms with Gasteiger partial charge in [0, 0.05) is 18.7 Å². The molecule has 0 saturated carbocycles. The average molecular weight is 412 g/mol. The Labute approximate surface area is 173 Å². The minimum atomic E-state index is 0.114. The number of nitrogens with one attached hydrogen (secondary N) is 1. The molecule has 0 fully saturated rings. The van der Waals surface area contributed by atoms with E-state index in [0.29, 0.717) is 12.4 Å². The standard InChI is InChI=1S/C22H25N3O3S/c1-14(2)28-12-6-11-23-21-20(15-9-10-17(26)18(13-15)27-3)24-22-25(21)16-7-4-5-8-19(16)29-22/h4-5,7-10,13-14,23,26H,6,11-12H2,1-3H3. The summed E-state index contributed by atoms with van der Waals surface area (Å²) in [6, 6.07) is 13.6. The molecular formula is C22H25N3O3S. The van der Waals surface area contributed by atoms with E-state index in [2.05, 4.69) is 21.9 Å². The Kier molecular flexibility index (Phi) is 5.60. The quantitative estimate of drug-likeness (QED) is 0.392. The molecule has 2 aromatic carbocycles. The van der Waals surface area contributed by atoms with Gasteiger partial charge in [0.25, 0.3) is 0 Å². The molecule has 2 heterocycles. The molecule has 4 rings (SSSR count). The third-order valence-electron chi connectivity index (χ3n) is 4.67. The van der Waals surface area contributed by atoms with Gasteiger partial charge in [-0.2, -0.15) is 0 Å². The fourth-order valence-corrected chi connectivity index (χ4v) is 4.33. The van der Waals surface area contributed by atoms with Crippen LogP contribution in [0.3, 0.4) is 0 Å². The minimum Gasteiger partial charge on any atom is -0.504 e. The number of hydrogen-bond acceptors (Lipinski definition) is 6. The second-order valence-corrected chi connectivity index (χ2v) is 8.09. The highest BCUT2D eigenvalue weighted by atomic mass is 32.1. The van der Waals surface area contributed by atoms with Gasteiger partial charge in [0.2, 0.25) is 0 Å². The molecule has 0 unspecified atom stereocenters. The van der Waals surface area contributed by atoms with Crippen molar-refractivity contribution in [2.45, 2.75) is 26.4 Å². The molecule has 4 aromatic rings. The summed E-state index contributed by atoms with van der Waals surface area (Å²) in [7, 11) is 1.55. The molecule has 0 aliphatic rings. The number of thiazole rings is 1. The monoisotopic (exact) mass is 411 g/mol. The molecule has 0 radical (unpaired) electrons. The minimum absolute atomic E-state index is 0.114. The normalized spacial score (nSPS) is 11.6. The van der Waals surface area contributed by atoms with Crippen molar-refractivity contribution >= 4 is 32.3 Å². The number of benzene rings is 2. The van der Waals surface area contributed by atoms with Crippen LogP contribution in [-0.4, -0.2) is 40.9 Å². The third kappa shape index (κ3) is 3.88. The number of imidazole rings is 1. The molecule has 0 aliphatic carbocycles. The van der Waals surface area contributed by atoms with Crippen molar-refractivity contribution in [3.8, 4) is 22.8 Å². The van der Waals surface area contributed by atoms with E-state index in [-0.39, 0.29) is 11.9 Å². The van der Waals surface area contributed by atoms with Crippen LogP contribution in [0, 0.1) is 0 Å². The fourth-order valence-electron chi connectivity index (χ4n) is 3.31. The highest BCUT2D eigenvalue weighted by Gasteiger charge is 2.19. The maximum Gasteiger partial charge on any atom is 0.197 e. The zero-order valence-corrected chi connectivity index (χ0v) is 17.6. The second kappa shape index (κ2) is 8.31. The number of anilines is 1. The maximum atomic E-state index is 9.96. The van der Waals surface area contributed by atoms with Crippen LogP contribution in [0.25, 0.3) is 26.4 Å². The van der Waals surface area contributed by atoms with Gasteiger partial charge in [-0.25, -0.2) is 4.98 Å². The van der Waals surface area contributed by atoms with E-state index < -0.39 is 0 Å². The van der Waals surface area contributed by atoms with Crippen LogP contribution in [0.1, 0.15) is 20.3 Å². The molecule has 7 heteroatoms. The maximum absolute atomic E-state index is 9.96. The van der Waals surface area contributed by atoms with Crippen molar-refractivity contribution in [3.63, 3.8) is 0 Å². The van der Waals surface area contributed by atoms with Gasteiger partial charge in [-0.1, -0.05) is 23.5 Å². The van der Waals surface area contributed by atoms with Gasteiger partial charge < -0.3 is 19.9 Å². The Morgan fingerprint density at radius 3 is 2.83 bits per heavy atom. The molecule has 2 N–H and O–H groups in total. The van der Waals surface area contributed by atoms with Crippen molar-refractivity contribution in [2.24, 2.45) is 0 Å². The van der Waals surface area contributed by atoms with Gasteiger partial charge in [-0.05, 0) is 50.6 Å². The summed E-state index contributed by atoms with van der Waals surface area (Å²) in [5, 5.41) is 13.5. The van der Waals surface area contributed by atoms with E-state index in [1.165, 1.54) is 4.70 Å². The Bertz CT molecular complexity index is 1130. The predicted octanol–water partition coefficient (Wildman–Crippen LogP) is 5.16. The number of nitrogens with zero attached hydrogens (tertiary/aromatic N) is 2. The topological polar surface area (TPSA) is 68.0 Å². The number of methoxy groups -OCH3 is 1. The molecule has 152 valence electrons. The second-order valence-electron chi connectivity index (χ2n) is 7.08. The lowest BCUT2D eigenvalue weighted by Gasteiger charge is -2.11. The van der Waals surface area contributed by atoms with Gasteiger partial charge >= 0.3 is 0 Å². The molecular weight excluding hydrogens is 386 g/mol. The van der Waals surface area contributed by atoms with Gasteiger partial charge in [0.05, 0.1) is 23.4 Å². The summed E-state index contributed by atoms with van der Waals surface area (Å²) in [6.07, 6.45) is 1.13. The Balaban J connectivity index is 1.75. The molecule has 0 aliphatic heterocycles. The first-order chi connectivity index (χ1) is 14.1. The average Bonchev–Trinajstić information content (AvgIpc) is 3.24. The Morgan fingerprint density at radius 1 is 1.21 bits per heavy atom. The van der Waals surface area contributed by atoms with E-state index >= 15 is 0 Å². The smallest absolute Gasteiger partial charge is 0.197 e. The van der Waals surface area contributed by atoms with Crippen LogP contribution in [0.5, 0.6) is 11.5 Å². The molecule has 0 amide bonds. The van der Waals surface area contributed by atoms with Crippen LogP contribution in [0.4, 0.5) is 5.82 Å². The number of hydrogen-bond donors (Lipinski definition) is 2. The molecule has 0 spiro atoms. The van der Waals surface area contributed by atoms with Gasteiger partial charge in [-0.15, -0.1) is 0 Å². The van der Waals surface area contributed by atoms with Crippen LogP contribution in [0.2, 0.25) is 0 Å². The number of para-hydroxylation sites is 1. The van der Waals surface area contributed by atoms with Gasteiger partial charge in [-0.3, -0.25) is 4.40 Å². The summed E-state index contributed by atoms with van der Waals surface area (Å²) in [5.74, 6) is 1.48. The number of aromatic hydroxyl groups is 1. The van der Waals surface area contributed by atoms with E-state index in [1.54, 1.807) is 24.5 Å². The van der Waals surface area contributed by atoms with Crippen molar-refractivity contribution in [1.29, 1.82) is 0 Å². The lowest BCUT2D eigenvalue weighted by molar-refractivity contribution is 0.0787. The first kappa shape index (κ1) is 19.5. The van der Waals surface area contributed by atoms with Crippen molar-refractivity contribution in [3.05, 3.63) is 42.5 Å². The number of ether oxygens (including phenoxy) is 2. The number of rotatable bonds is 8. The summed E-state index contributed by atoms with van der Waals surface area (Å²) in [4.78, 5) is 5.83. The largest absolute Gasteiger partial charge is 0.504 e. The van der Waals surface area contributed by atoms with Crippen molar-refractivity contribution < 1.29 is 14.6 Å². The lowest BCUT2D eigenvalue weighted by Crippen LogP contribution is -2.10. The number of aromatic nitrogens is 2. The highest BCUT2D eigenvalue weighted by molar-refractivity contribution is 7.23. The van der Waals surface area contributed by atoms with Gasteiger partial charge in [0.15, 0.2) is 16.5 Å². The fraction of sp³-hybridized carbons (Fsp3) is 0.318. The zero-order valence-electron chi connectivity index (χ0n) is 16.8. The Hall–Kier alpha value is -2.77. The van der Waals surface area contributed by atoms with Crippen molar-refractivity contribution in [2.75, 3.05) is 25.6 Å². The summed E-state index contributed by atoms with van der Waals surface area (Å²) < 4.78 is 14.3. The van der Waals surface area contributed by atoms with E-state index in [4.69, 9.17) is 14.5 Å². The lowest BCUT2D eigenvalue weighted by atomic mass is 10.1. The van der Waals surface area contributed by atoms with Crippen LogP contribution in [0.15, 0.2) is 42.5 Å². The number of fused-ring (bicyclic) bond motifs is 3. The van der Waals surface area contributed by atoms with Crippen molar-refractivity contribution in [1.82, 2.24) is 9.38 Å². The van der Waals surface area contributed by atoms with E-state index in [9.17, 15) is 5.11 Å². The summed E-state index contributed by atoms with van der Waals surface area (Å²) in [6.45, 7) is 5.57. The highest BCUT2D eigenvalue weighted by Crippen LogP contribution is 2.38. The SMILES string of the molecule is COc1cc(-c2nc3sc4ccccc4n3c2NCCCOC(C)C)ccc1O. The Morgan fingerprint density at radius 2 is 2.03 bits per heavy atom. The molecule has 0 atom stereocenters. The number of phenols is 1. The number of phenolic OH excluding ortho intramolecular Hbond substituents is 1. The molecule has 2 aromatic heterocycles. The van der Waals surface area contributed by atoms with E-state index in [1.807, 2.05) is 38.1 Å². The van der Waals surface area contributed by atoms with Crippen LogP contribution in [-0.2, 0) is 4.74 Å². The summed E-state index contributed by atoms with van der Waals surface area (Å²) >= 11 is 1.66. The van der Waals surface area contributed by atoms with E-state index in [0.717, 1.165) is 40.5 Å². The molecule has 0 saturated heterocycles. The molecule has 29 heavy (non-hydrogen) atoms. The first-order valence-corrected chi connectivity index (χ1v) is 10.5. The third-order valence-corrected chi connectivity index (χ3v) is 5.69. The molecule has 6 nitrogen and oxygen atoms in total. The zero-order chi connectivity index (χ0) is 20.4. The summed E-state index contributed by atoms with van der Waals surface area (Å²) in [5.41, 5.74) is 2.85. The van der Waals surface area contributed by atoms with Gasteiger partial charge in [0.1, 0.15) is 11.5 Å². The first-order valence-electron chi connectivity index (χ1n) is 9.71. The van der Waals surface area contributed by atoms with Crippen LogP contribution < -0.4 is 10.1 Å². The van der Waals surface area contributed by atoms with Crippen LogP contribution >= 0.6 is 11.3 Å².